The maximum absolute atomic E-state index is 10.8. The number of carboxylic acids is 3. The van der Waals surface area contributed by atoms with Gasteiger partial charge in [0.2, 0.25) is 0 Å². The van der Waals surface area contributed by atoms with Crippen molar-refractivity contribution in [1.29, 1.82) is 0 Å². The first-order valence-corrected chi connectivity index (χ1v) is 10.1. The number of carbonyl (C=O) groups is 3. The molecule has 0 unspecified atom stereocenters. The second kappa shape index (κ2) is 15.1. The Labute approximate surface area is 180 Å². The third-order valence-corrected chi connectivity index (χ3v) is 4.54. The maximum Gasteiger partial charge on any atom is 0.303 e. The van der Waals surface area contributed by atoms with Crippen LogP contribution in [0.3, 0.4) is 0 Å². The Bertz CT molecular complexity index is 518. The van der Waals surface area contributed by atoms with E-state index in [0.717, 1.165) is 0 Å². The molecule has 12 nitrogen and oxygen atoms in total. The Morgan fingerprint density at radius 3 is 1.55 bits per heavy atom. The number of hydrogen-bond acceptors (Lipinski definition) is 9. The van der Waals surface area contributed by atoms with Crippen LogP contribution in [0.5, 0.6) is 0 Å². The minimum atomic E-state index is -0.971. The van der Waals surface area contributed by atoms with Crippen LogP contribution in [0.2, 0.25) is 0 Å². The molecule has 1 saturated heterocycles. The molecule has 4 N–H and O–H groups in total. The summed E-state index contributed by atoms with van der Waals surface area (Å²) in [5, 5.41) is 36.1. The fourth-order valence-corrected chi connectivity index (χ4v) is 3.11. The zero-order chi connectivity index (χ0) is 23.2. The third-order valence-electron chi connectivity index (χ3n) is 4.54. The molecule has 31 heavy (non-hydrogen) atoms. The molecule has 0 amide bonds. The van der Waals surface area contributed by atoms with Crippen LogP contribution in [0.25, 0.3) is 0 Å². The molecule has 1 fully saturated rings. The molecule has 0 spiro atoms. The van der Waals surface area contributed by atoms with Gasteiger partial charge in [-0.15, -0.1) is 0 Å². The van der Waals surface area contributed by atoms with Gasteiger partial charge in [-0.3, -0.25) is 14.4 Å². The zero-order valence-corrected chi connectivity index (χ0v) is 17.5. The molecule has 0 aromatic carbocycles. The van der Waals surface area contributed by atoms with E-state index in [2.05, 4.69) is 0 Å². The molecular weight excluding hydrogens is 420 g/mol. The highest BCUT2D eigenvalue weighted by atomic mass is 16.7. The molecular formula is C19H32O12. The Kier molecular flexibility index (Phi) is 13.2. The van der Waals surface area contributed by atoms with E-state index < -0.39 is 55.2 Å². The molecule has 1 rings (SSSR count). The van der Waals surface area contributed by atoms with Crippen molar-refractivity contribution >= 4 is 17.9 Å². The molecule has 0 bridgehead atoms. The summed E-state index contributed by atoms with van der Waals surface area (Å²) in [7, 11) is 1.38. The first-order chi connectivity index (χ1) is 14.8. The minimum Gasteiger partial charge on any atom is -0.481 e. The van der Waals surface area contributed by atoms with E-state index in [1.54, 1.807) is 0 Å². The van der Waals surface area contributed by atoms with Gasteiger partial charge < -0.3 is 44.1 Å². The van der Waals surface area contributed by atoms with E-state index >= 15 is 0 Å². The molecule has 180 valence electrons. The number of aliphatic carboxylic acids is 3. The Balaban J connectivity index is 2.89. The van der Waals surface area contributed by atoms with E-state index in [-0.39, 0.29) is 58.3 Å². The maximum atomic E-state index is 10.8. The normalized spacial score (nSPS) is 25.9. The van der Waals surface area contributed by atoms with E-state index in [9.17, 15) is 19.5 Å². The average molecular weight is 452 g/mol. The number of aliphatic hydroxyl groups excluding tert-OH is 1. The second-order valence-electron chi connectivity index (χ2n) is 6.96. The molecule has 0 saturated carbocycles. The highest BCUT2D eigenvalue weighted by Crippen LogP contribution is 2.29. The predicted octanol–water partition coefficient (Wildman–Crippen LogP) is 0.100. The number of aliphatic hydroxyl groups is 1. The van der Waals surface area contributed by atoms with Gasteiger partial charge in [-0.2, -0.15) is 0 Å². The third kappa shape index (κ3) is 10.4. The predicted molar refractivity (Wildman–Crippen MR) is 103 cm³/mol. The van der Waals surface area contributed by atoms with Crippen LogP contribution in [0.1, 0.15) is 38.5 Å². The van der Waals surface area contributed by atoms with Crippen molar-refractivity contribution in [3.8, 4) is 0 Å². The molecule has 1 heterocycles. The topological polar surface area (TPSA) is 178 Å². The fourth-order valence-electron chi connectivity index (χ4n) is 3.11. The highest BCUT2D eigenvalue weighted by Gasteiger charge is 2.48. The van der Waals surface area contributed by atoms with Gasteiger partial charge in [0, 0.05) is 46.2 Å². The van der Waals surface area contributed by atoms with Crippen LogP contribution in [-0.4, -0.2) is 103 Å². The summed E-state index contributed by atoms with van der Waals surface area (Å²) >= 11 is 0. The number of carboxylic acid groups (broad SMARTS) is 3. The average Bonchev–Trinajstić information content (AvgIpc) is 2.71. The van der Waals surface area contributed by atoms with E-state index in [1.807, 2.05) is 0 Å². The molecule has 1 aliphatic rings. The number of ether oxygens (including phenoxy) is 5. The lowest BCUT2D eigenvalue weighted by Gasteiger charge is -2.45. The molecule has 0 aromatic heterocycles. The monoisotopic (exact) mass is 452 g/mol. The summed E-state index contributed by atoms with van der Waals surface area (Å²) in [5.74, 6) is -2.91. The number of hydrogen-bond donors (Lipinski definition) is 4. The first kappa shape index (κ1) is 27.2. The van der Waals surface area contributed by atoms with Crippen LogP contribution in [0, 0.1) is 0 Å². The molecule has 0 radical (unpaired) electrons. The van der Waals surface area contributed by atoms with Gasteiger partial charge in [0.1, 0.15) is 24.4 Å². The van der Waals surface area contributed by atoms with E-state index in [1.165, 1.54) is 7.11 Å². The van der Waals surface area contributed by atoms with Crippen molar-refractivity contribution in [1.82, 2.24) is 0 Å². The van der Waals surface area contributed by atoms with Gasteiger partial charge >= 0.3 is 17.9 Å². The Morgan fingerprint density at radius 1 is 0.742 bits per heavy atom. The summed E-state index contributed by atoms with van der Waals surface area (Å²) < 4.78 is 28.4. The summed E-state index contributed by atoms with van der Waals surface area (Å²) in [6.45, 7) is -0.223. The standard InChI is InChI=1S/C19H32O12/c1-27-19-18(30-10-4-7-15(25)26)17(29-9-3-6-14(23)24)16(12(11-20)31-19)28-8-2-5-13(21)22/h12,16-20H,2-11H2,1H3,(H,21,22)(H,23,24)(H,25,26)/t12-,16-,17+,18-,19+/m1/s1. The molecule has 12 heteroatoms. The van der Waals surface area contributed by atoms with Crippen molar-refractivity contribution < 1.29 is 58.5 Å². The molecule has 0 aliphatic carbocycles. The minimum absolute atomic E-state index is 0.0647. The van der Waals surface area contributed by atoms with E-state index in [0.29, 0.717) is 0 Å². The van der Waals surface area contributed by atoms with Crippen LogP contribution in [-0.2, 0) is 38.1 Å². The van der Waals surface area contributed by atoms with Crippen molar-refractivity contribution in [2.75, 3.05) is 33.5 Å². The van der Waals surface area contributed by atoms with Crippen LogP contribution in [0.4, 0.5) is 0 Å². The summed E-state index contributed by atoms with van der Waals surface area (Å²) in [4.78, 5) is 32.2. The number of methoxy groups -OCH3 is 1. The van der Waals surface area contributed by atoms with Crippen LogP contribution < -0.4 is 0 Å². The largest absolute Gasteiger partial charge is 0.481 e. The van der Waals surface area contributed by atoms with Crippen LogP contribution >= 0.6 is 0 Å². The molecule has 1 aliphatic heterocycles. The number of rotatable bonds is 17. The van der Waals surface area contributed by atoms with Crippen LogP contribution in [0.15, 0.2) is 0 Å². The lowest BCUT2D eigenvalue weighted by Crippen LogP contribution is -2.61. The lowest BCUT2D eigenvalue weighted by molar-refractivity contribution is -0.316. The van der Waals surface area contributed by atoms with E-state index in [4.69, 9.17) is 39.0 Å². The summed E-state index contributed by atoms with van der Waals surface area (Å²) in [6, 6.07) is 0. The summed E-state index contributed by atoms with van der Waals surface area (Å²) in [5.41, 5.74) is 0. The first-order valence-electron chi connectivity index (χ1n) is 10.1. The zero-order valence-electron chi connectivity index (χ0n) is 17.5. The van der Waals surface area contributed by atoms with Crippen molar-refractivity contribution in [3.63, 3.8) is 0 Å². The van der Waals surface area contributed by atoms with Gasteiger partial charge in [0.15, 0.2) is 6.29 Å². The SMILES string of the molecule is CO[C@H]1O[C@H](CO)[C@@H](OCCCC(=O)O)[C@H](OCCCC(=O)O)[C@H]1OCCCC(=O)O. The Morgan fingerprint density at radius 2 is 1.16 bits per heavy atom. The smallest absolute Gasteiger partial charge is 0.303 e. The quantitative estimate of drug-likeness (QED) is 0.219. The van der Waals surface area contributed by atoms with Gasteiger partial charge in [0.25, 0.3) is 0 Å². The van der Waals surface area contributed by atoms with Gasteiger partial charge in [-0.25, -0.2) is 0 Å². The molecule has 5 atom stereocenters. The second-order valence-corrected chi connectivity index (χ2v) is 6.96. The van der Waals surface area contributed by atoms with Crippen molar-refractivity contribution in [3.05, 3.63) is 0 Å². The summed E-state index contributed by atoms with van der Waals surface area (Å²) in [6.07, 6.45) is -3.88. The van der Waals surface area contributed by atoms with Gasteiger partial charge in [0.05, 0.1) is 6.61 Å². The van der Waals surface area contributed by atoms with Gasteiger partial charge in [-0.05, 0) is 19.3 Å². The fraction of sp³-hybridized carbons (Fsp3) is 0.842. The lowest BCUT2D eigenvalue weighted by atomic mass is 9.98. The highest BCUT2D eigenvalue weighted by molar-refractivity contribution is 5.67. The molecule has 0 aromatic rings. The van der Waals surface area contributed by atoms with Crippen molar-refractivity contribution in [2.45, 2.75) is 69.2 Å². The Hall–Kier alpha value is -1.83. The van der Waals surface area contributed by atoms with Crippen molar-refractivity contribution in [2.24, 2.45) is 0 Å². The van der Waals surface area contributed by atoms with Gasteiger partial charge in [-0.1, -0.05) is 0 Å².